The first kappa shape index (κ1) is 13.2. The van der Waals surface area contributed by atoms with Gasteiger partial charge in [-0.2, -0.15) is 5.10 Å². The molecule has 98 valence electrons. The number of aryl methyl sites for hydroxylation is 1. The van der Waals surface area contributed by atoms with Crippen molar-refractivity contribution < 1.29 is 4.79 Å². The molecule has 3 N–H and O–H groups in total. The van der Waals surface area contributed by atoms with Gasteiger partial charge in [0.1, 0.15) is 4.99 Å². The second-order valence-electron chi connectivity index (χ2n) is 4.15. The number of amides is 1. The topological polar surface area (TPSA) is 72.9 Å². The van der Waals surface area contributed by atoms with Crippen LogP contribution in [0.1, 0.15) is 21.5 Å². The highest BCUT2D eigenvalue weighted by atomic mass is 32.1. The van der Waals surface area contributed by atoms with Crippen LogP contribution < -0.4 is 11.1 Å². The average Bonchev–Trinajstić information content (AvgIpc) is 2.82. The van der Waals surface area contributed by atoms with Crippen LogP contribution in [0.3, 0.4) is 0 Å². The Morgan fingerprint density at radius 1 is 1.47 bits per heavy atom. The fraction of sp³-hybridized carbons (Fsp3) is 0.154. The Kier molecular flexibility index (Phi) is 3.91. The van der Waals surface area contributed by atoms with E-state index < -0.39 is 0 Å². The summed E-state index contributed by atoms with van der Waals surface area (Å²) in [6, 6.07) is 6.94. The summed E-state index contributed by atoms with van der Waals surface area (Å²) in [6.07, 6.45) is 3.57. The third kappa shape index (κ3) is 3.38. The van der Waals surface area contributed by atoms with Crippen molar-refractivity contribution in [1.29, 1.82) is 0 Å². The third-order valence-electron chi connectivity index (χ3n) is 2.62. The SMILES string of the molecule is Cn1cc(CNC(=O)c2cccc(C(N)=S)c2)cn1. The lowest BCUT2D eigenvalue weighted by Gasteiger charge is -2.05. The molecule has 5 nitrogen and oxygen atoms in total. The molecule has 1 heterocycles. The van der Waals surface area contributed by atoms with Gasteiger partial charge in [0.2, 0.25) is 0 Å². The Morgan fingerprint density at radius 2 is 2.21 bits per heavy atom. The molecular weight excluding hydrogens is 260 g/mol. The number of nitrogens with zero attached hydrogens (tertiary/aromatic N) is 2. The number of rotatable bonds is 4. The minimum Gasteiger partial charge on any atom is -0.389 e. The van der Waals surface area contributed by atoms with E-state index in [0.717, 1.165) is 5.56 Å². The Bertz CT molecular complexity index is 621. The van der Waals surface area contributed by atoms with Gasteiger partial charge >= 0.3 is 0 Å². The number of nitrogens with two attached hydrogens (primary N) is 1. The number of thiocarbonyl (C=S) groups is 1. The average molecular weight is 274 g/mol. The Morgan fingerprint density at radius 3 is 2.84 bits per heavy atom. The van der Waals surface area contributed by atoms with Gasteiger partial charge < -0.3 is 11.1 Å². The molecule has 0 radical (unpaired) electrons. The van der Waals surface area contributed by atoms with E-state index in [1.165, 1.54) is 0 Å². The highest BCUT2D eigenvalue weighted by Crippen LogP contribution is 2.06. The molecule has 0 unspecified atom stereocenters. The maximum absolute atomic E-state index is 12.0. The van der Waals surface area contributed by atoms with Crippen LogP contribution in [0.15, 0.2) is 36.7 Å². The van der Waals surface area contributed by atoms with Crippen molar-refractivity contribution in [3.05, 3.63) is 53.3 Å². The predicted octanol–water partition coefficient (Wildman–Crippen LogP) is 0.984. The summed E-state index contributed by atoms with van der Waals surface area (Å²) in [5.41, 5.74) is 7.71. The molecule has 0 spiro atoms. The molecule has 0 saturated heterocycles. The second kappa shape index (κ2) is 5.62. The number of hydrogen-bond acceptors (Lipinski definition) is 3. The fourth-order valence-electron chi connectivity index (χ4n) is 1.66. The van der Waals surface area contributed by atoms with Crippen molar-refractivity contribution in [1.82, 2.24) is 15.1 Å². The third-order valence-corrected chi connectivity index (χ3v) is 2.86. The van der Waals surface area contributed by atoms with Gasteiger partial charge in [-0.05, 0) is 12.1 Å². The summed E-state index contributed by atoms with van der Waals surface area (Å²) in [7, 11) is 1.83. The molecule has 6 heteroatoms. The van der Waals surface area contributed by atoms with Gasteiger partial charge in [0, 0.05) is 36.5 Å². The maximum Gasteiger partial charge on any atom is 0.251 e. The first-order valence-electron chi connectivity index (χ1n) is 5.72. The Labute approximate surface area is 116 Å². The number of nitrogens with one attached hydrogen (secondary N) is 1. The number of aromatic nitrogens is 2. The second-order valence-corrected chi connectivity index (χ2v) is 4.59. The summed E-state index contributed by atoms with van der Waals surface area (Å²) in [5.74, 6) is -0.165. The van der Waals surface area contributed by atoms with E-state index >= 15 is 0 Å². The lowest BCUT2D eigenvalue weighted by Crippen LogP contribution is -2.23. The van der Waals surface area contributed by atoms with Crippen molar-refractivity contribution in [3.63, 3.8) is 0 Å². The lowest BCUT2D eigenvalue weighted by atomic mass is 10.1. The maximum atomic E-state index is 12.0. The molecule has 0 bridgehead atoms. The van der Waals surface area contributed by atoms with Crippen molar-refractivity contribution in [3.8, 4) is 0 Å². The van der Waals surface area contributed by atoms with Crippen molar-refractivity contribution in [2.45, 2.75) is 6.54 Å². The zero-order chi connectivity index (χ0) is 13.8. The molecular formula is C13H14N4OS. The van der Waals surface area contributed by atoms with E-state index in [2.05, 4.69) is 10.4 Å². The smallest absolute Gasteiger partial charge is 0.251 e. The lowest BCUT2D eigenvalue weighted by molar-refractivity contribution is 0.0951. The van der Waals surface area contributed by atoms with Gasteiger partial charge in [-0.1, -0.05) is 24.4 Å². The van der Waals surface area contributed by atoms with E-state index in [0.29, 0.717) is 17.7 Å². The molecule has 0 aliphatic heterocycles. The molecule has 0 saturated carbocycles. The zero-order valence-corrected chi connectivity index (χ0v) is 11.3. The van der Waals surface area contributed by atoms with E-state index in [1.807, 2.05) is 13.2 Å². The molecule has 0 fully saturated rings. The summed E-state index contributed by atoms with van der Waals surface area (Å²) < 4.78 is 1.69. The predicted molar refractivity (Wildman–Crippen MR) is 76.7 cm³/mol. The summed E-state index contributed by atoms with van der Waals surface area (Å²) in [6.45, 7) is 0.434. The van der Waals surface area contributed by atoms with E-state index in [9.17, 15) is 4.79 Å². The van der Waals surface area contributed by atoms with Crippen molar-refractivity contribution in [2.75, 3.05) is 0 Å². The van der Waals surface area contributed by atoms with Gasteiger partial charge in [-0.15, -0.1) is 0 Å². The minimum absolute atomic E-state index is 0.165. The Hall–Kier alpha value is -2.21. The molecule has 19 heavy (non-hydrogen) atoms. The molecule has 1 aromatic heterocycles. The van der Waals surface area contributed by atoms with E-state index in [1.54, 1.807) is 35.1 Å². The van der Waals surface area contributed by atoms with Crippen LogP contribution in [0.5, 0.6) is 0 Å². The zero-order valence-electron chi connectivity index (χ0n) is 10.5. The van der Waals surface area contributed by atoms with Crippen LogP contribution in [-0.4, -0.2) is 20.7 Å². The highest BCUT2D eigenvalue weighted by molar-refractivity contribution is 7.80. The van der Waals surface area contributed by atoms with Crippen molar-refractivity contribution in [2.24, 2.45) is 12.8 Å². The minimum atomic E-state index is -0.165. The number of carbonyl (C=O) groups excluding carboxylic acids is 1. The summed E-state index contributed by atoms with van der Waals surface area (Å²) in [4.78, 5) is 12.3. The van der Waals surface area contributed by atoms with Gasteiger partial charge in [0.05, 0.1) is 6.20 Å². The van der Waals surface area contributed by atoms with E-state index in [-0.39, 0.29) is 10.9 Å². The summed E-state index contributed by atoms with van der Waals surface area (Å²) in [5, 5.41) is 6.85. The number of hydrogen-bond donors (Lipinski definition) is 2. The first-order valence-corrected chi connectivity index (χ1v) is 6.12. The number of benzene rings is 1. The monoisotopic (exact) mass is 274 g/mol. The van der Waals surface area contributed by atoms with Crippen LogP contribution in [0.25, 0.3) is 0 Å². The first-order chi connectivity index (χ1) is 9.06. The molecule has 1 amide bonds. The molecule has 2 aromatic rings. The molecule has 0 atom stereocenters. The van der Waals surface area contributed by atoms with Crippen LogP contribution in [0, 0.1) is 0 Å². The molecule has 0 aliphatic carbocycles. The fourth-order valence-corrected chi connectivity index (χ4v) is 1.79. The molecule has 1 aromatic carbocycles. The standard InChI is InChI=1S/C13H14N4OS/c1-17-8-9(7-16-17)6-15-13(18)11-4-2-3-10(5-11)12(14)19/h2-5,7-8H,6H2,1H3,(H2,14,19)(H,15,18). The summed E-state index contributed by atoms with van der Waals surface area (Å²) >= 11 is 4.89. The van der Waals surface area contributed by atoms with Gasteiger partial charge in [-0.25, -0.2) is 0 Å². The largest absolute Gasteiger partial charge is 0.389 e. The highest BCUT2D eigenvalue weighted by Gasteiger charge is 2.07. The number of carbonyl (C=O) groups is 1. The quantitative estimate of drug-likeness (QED) is 0.815. The van der Waals surface area contributed by atoms with Gasteiger partial charge in [0.15, 0.2) is 0 Å². The van der Waals surface area contributed by atoms with Crippen LogP contribution in [-0.2, 0) is 13.6 Å². The normalized spacial score (nSPS) is 10.2. The van der Waals surface area contributed by atoms with Crippen LogP contribution >= 0.6 is 12.2 Å². The van der Waals surface area contributed by atoms with Crippen LogP contribution in [0.2, 0.25) is 0 Å². The van der Waals surface area contributed by atoms with Gasteiger partial charge in [-0.3, -0.25) is 9.48 Å². The molecule has 0 aliphatic rings. The molecule has 2 rings (SSSR count). The van der Waals surface area contributed by atoms with Crippen molar-refractivity contribution >= 4 is 23.1 Å². The van der Waals surface area contributed by atoms with Crippen LogP contribution in [0.4, 0.5) is 0 Å². The van der Waals surface area contributed by atoms with Gasteiger partial charge in [0.25, 0.3) is 5.91 Å². The Balaban J connectivity index is 2.03. The van der Waals surface area contributed by atoms with E-state index in [4.69, 9.17) is 18.0 Å².